The number of ether oxygens (including phenoxy) is 1. The molecule has 126 valence electrons. The van der Waals surface area contributed by atoms with Crippen LogP contribution in [0.15, 0.2) is 56.6 Å². The lowest BCUT2D eigenvalue weighted by atomic mass is 10.3. The Balaban J connectivity index is 2.00. The molecular weight excluding hydrogens is 332 g/mol. The van der Waals surface area contributed by atoms with Gasteiger partial charge in [0.1, 0.15) is 5.75 Å². The summed E-state index contributed by atoms with van der Waals surface area (Å²) in [7, 11) is -2.32. The summed E-state index contributed by atoms with van der Waals surface area (Å²) in [5.41, 5.74) is 1.17. The average molecular weight is 348 g/mol. The van der Waals surface area contributed by atoms with Crippen LogP contribution in [0.2, 0.25) is 0 Å². The molecule has 24 heavy (non-hydrogen) atoms. The van der Waals surface area contributed by atoms with E-state index in [1.165, 1.54) is 23.8 Å². The number of fused-ring (bicyclic) bond motifs is 1. The fraction of sp³-hybridized carbons (Fsp3) is 0.188. The monoisotopic (exact) mass is 348 g/mol. The van der Waals surface area contributed by atoms with Crippen LogP contribution in [0.25, 0.3) is 11.1 Å². The number of anilines is 1. The van der Waals surface area contributed by atoms with Crippen molar-refractivity contribution in [2.75, 3.05) is 11.8 Å². The van der Waals surface area contributed by atoms with E-state index in [1.54, 1.807) is 30.3 Å². The second kappa shape index (κ2) is 6.04. The highest BCUT2D eigenvalue weighted by Crippen LogP contribution is 2.23. The predicted octanol–water partition coefficient (Wildman–Crippen LogP) is 2.42. The van der Waals surface area contributed by atoms with Gasteiger partial charge in [0.25, 0.3) is 10.0 Å². The molecule has 1 N–H and O–H groups in total. The van der Waals surface area contributed by atoms with Gasteiger partial charge in [-0.3, -0.25) is 9.29 Å². The molecule has 0 aliphatic heterocycles. The van der Waals surface area contributed by atoms with Gasteiger partial charge in [0, 0.05) is 18.7 Å². The molecule has 0 bridgehead atoms. The summed E-state index contributed by atoms with van der Waals surface area (Å²) < 4.78 is 39.1. The van der Waals surface area contributed by atoms with E-state index in [1.807, 2.05) is 6.92 Å². The number of sulfonamides is 1. The summed E-state index contributed by atoms with van der Waals surface area (Å²) in [5.74, 6) is 0.0273. The number of benzene rings is 2. The summed E-state index contributed by atoms with van der Waals surface area (Å²) in [6, 6.07) is 10.9. The lowest BCUT2D eigenvalue weighted by Gasteiger charge is -2.09. The largest absolute Gasteiger partial charge is 0.497 e. The molecule has 0 saturated carbocycles. The number of oxazole rings is 1. The quantitative estimate of drug-likeness (QED) is 0.765. The van der Waals surface area contributed by atoms with Gasteiger partial charge in [-0.25, -0.2) is 13.2 Å². The Hall–Kier alpha value is -2.74. The first kappa shape index (κ1) is 16.1. The van der Waals surface area contributed by atoms with Crippen LogP contribution < -0.4 is 15.2 Å². The Morgan fingerprint density at radius 2 is 2.00 bits per heavy atom. The van der Waals surface area contributed by atoms with Crippen molar-refractivity contribution in [3.63, 3.8) is 0 Å². The van der Waals surface area contributed by atoms with E-state index in [2.05, 4.69) is 4.72 Å². The van der Waals surface area contributed by atoms with Gasteiger partial charge >= 0.3 is 5.76 Å². The molecule has 0 radical (unpaired) electrons. The fourth-order valence-electron chi connectivity index (χ4n) is 2.41. The molecular formula is C16H16N2O5S. The number of aromatic nitrogens is 1. The standard InChI is InChI=1S/C16H16N2O5S/c1-3-18-14-8-7-13(10-15(14)23-16(18)19)24(20,21)17-11-5-4-6-12(9-11)22-2/h4-10,17H,3H2,1-2H3. The highest BCUT2D eigenvalue weighted by atomic mass is 32.2. The van der Waals surface area contributed by atoms with Gasteiger partial charge in [-0.15, -0.1) is 0 Å². The number of aryl methyl sites for hydroxylation is 1. The van der Waals surface area contributed by atoms with Crippen LogP contribution in [0.5, 0.6) is 5.75 Å². The molecule has 0 atom stereocenters. The Morgan fingerprint density at radius 3 is 2.71 bits per heavy atom. The minimum atomic E-state index is -3.82. The second-order valence-electron chi connectivity index (χ2n) is 5.08. The average Bonchev–Trinajstić information content (AvgIpc) is 2.88. The third-order valence-electron chi connectivity index (χ3n) is 3.59. The predicted molar refractivity (Wildman–Crippen MR) is 90.0 cm³/mol. The van der Waals surface area contributed by atoms with Gasteiger partial charge in [0.2, 0.25) is 0 Å². The Bertz CT molecular complexity index is 1050. The molecule has 7 nitrogen and oxygen atoms in total. The van der Waals surface area contributed by atoms with Crippen molar-refractivity contribution >= 4 is 26.8 Å². The first-order valence-electron chi connectivity index (χ1n) is 7.25. The molecule has 0 fully saturated rings. The van der Waals surface area contributed by atoms with Crippen LogP contribution in [0.4, 0.5) is 5.69 Å². The maximum absolute atomic E-state index is 12.5. The first-order chi connectivity index (χ1) is 11.4. The highest BCUT2D eigenvalue weighted by Gasteiger charge is 2.17. The van der Waals surface area contributed by atoms with Crippen LogP contribution in [0, 0.1) is 0 Å². The van der Waals surface area contributed by atoms with Crippen molar-refractivity contribution in [3.8, 4) is 5.75 Å². The summed E-state index contributed by atoms with van der Waals surface area (Å²) in [4.78, 5) is 11.7. The van der Waals surface area contributed by atoms with E-state index >= 15 is 0 Å². The number of hydrogen-bond acceptors (Lipinski definition) is 5. The van der Waals surface area contributed by atoms with Gasteiger partial charge in [0.05, 0.1) is 23.2 Å². The molecule has 0 saturated heterocycles. The van der Waals surface area contributed by atoms with Gasteiger partial charge in [-0.1, -0.05) is 6.07 Å². The fourth-order valence-corrected chi connectivity index (χ4v) is 3.48. The van der Waals surface area contributed by atoms with Gasteiger partial charge < -0.3 is 9.15 Å². The van der Waals surface area contributed by atoms with Crippen molar-refractivity contribution in [2.24, 2.45) is 0 Å². The second-order valence-corrected chi connectivity index (χ2v) is 6.76. The van der Waals surface area contributed by atoms with Crippen LogP contribution in [0.1, 0.15) is 6.92 Å². The topological polar surface area (TPSA) is 90.5 Å². The van der Waals surface area contributed by atoms with Gasteiger partial charge in [-0.2, -0.15) is 0 Å². The van der Waals surface area contributed by atoms with Crippen molar-refractivity contribution in [2.45, 2.75) is 18.4 Å². The third-order valence-corrected chi connectivity index (χ3v) is 4.97. The van der Waals surface area contributed by atoms with Crippen LogP contribution >= 0.6 is 0 Å². The number of nitrogens with one attached hydrogen (secondary N) is 1. The van der Waals surface area contributed by atoms with Crippen molar-refractivity contribution < 1.29 is 17.6 Å². The zero-order valence-corrected chi connectivity index (χ0v) is 14.0. The molecule has 0 aliphatic carbocycles. The van der Waals surface area contributed by atoms with E-state index in [4.69, 9.17) is 9.15 Å². The van der Waals surface area contributed by atoms with Crippen molar-refractivity contribution in [1.82, 2.24) is 4.57 Å². The number of hydrogen-bond donors (Lipinski definition) is 1. The van der Waals surface area contributed by atoms with E-state index in [9.17, 15) is 13.2 Å². The number of methoxy groups -OCH3 is 1. The maximum Gasteiger partial charge on any atom is 0.419 e. The molecule has 2 aromatic carbocycles. The molecule has 1 heterocycles. The highest BCUT2D eigenvalue weighted by molar-refractivity contribution is 7.92. The summed E-state index contributed by atoms with van der Waals surface area (Å²) >= 11 is 0. The molecule has 3 rings (SSSR count). The van der Waals surface area contributed by atoms with Crippen molar-refractivity contribution in [1.29, 1.82) is 0 Å². The van der Waals surface area contributed by atoms with Gasteiger partial charge in [-0.05, 0) is 31.2 Å². The SMILES string of the molecule is CCn1c(=O)oc2cc(S(=O)(=O)Nc3cccc(OC)c3)ccc21. The van der Waals surface area contributed by atoms with E-state index in [0.717, 1.165) is 0 Å². The lowest BCUT2D eigenvalue weighted by Crippen LogP contribution is -2.13. The van der Waals surface area contributed by atoms with Crippen molar-refractivity contribution in [3.05, 3.63) is 53.0 Å². The summed E-state index contributed by atoms with van der Waals surface area (Å²) in [6.07, 6.45) is 0. The normalized spacial score (nSPS) is 11.6. The smallest absolute Gasteiger partial charge is 0.419 e. The minimum Gasteiger partial charge on any atom is -0.497 e. The molecule has 3 aromatic rings. The van der Waals surface area contributed by atoms with Crippen LogP contribution in [-0.2, 0) is 16.6 Å². The molecule has 1 aromatic heterocycles. The molecule has 0 unspecified atom stereocenters. The van der Waals surface area contributed by atoms with E-state index < -0.39 is 15.8 Å². The number of nitrogens with zero attached hydrogens (tertiary/aromatic N) is 1. The molecule has 8 heteroatoms. The zero-order chi connectivity index (χ0) is 17.3. The van der Waals surface area contributed by atoms with E-state index in [0.29, 0.717) is 23.5 Å². The van der Waals surface area contributed by atoms with Crippen LogP contribution in [0.3, 0.4) is 0 Å². The molecule has 0 aliphatic rings. The minimum absolute atomic E-state index is 0.00910. The maximum atomic E-state index is 12.5. The Kier molecular flexibility index (Phi) is 4.06. The third kappa shape index (κ3) is 2.88. The summed E-state index contributed by atoms with van der Waals surface area (Å²) in [5, 5.41) is 0. The van der Waals surface area contributed by atoms with Crippen LogP contribution in [-0.4, -0.2) is 20.1 Å². The van der Waals surface area contributed by atoms with E-state index in [-0.39, 0.29) is 10.5 Å². The summed E-state index contributed by atoms with van der Waals surface area (Å²) in [6.45, 7) is 2.26. The number of rotatable bonds is 5. The molecule has 0 amide bonds. The Labute approximate surface area is 138 Å². The Morgan fingerprint density at radius 1 is 1.21 bits per heavy atom. The zero-order valence-electron chi connectivity index (χ0n) is 13.1. The van der Waals surface area contributed by atoms with Gasteiger partial charge in [0.15, 0.2) is 5.58 Å². The lowest BCUT2D eigenvalue weighted by molar-refractivity contribution is 0.415. The molecule has 0 spiro atoms. The first-order valence-corrected chi connectivity index (χ1v) is 8.73.